The van der Waals surface area contributed by atoms with Crippen LogP contribution >= 0.6 is 15.9 Å². The molecule has 78 valence electrons. The predicted molar refractivity (Wildman–Crippen MR) is 62.9 cm³/mol. The highest BCUT2D eigenvalue weighted by Crippen LogP contribution is 2.33. The Kier molecular flexibility index (Phi) is 3.96. The molecule has 0 saturated heterocycles. The molecule has 1 rings (SSSR count). The number of rotatable bonds is 3. The van der Waals surface area contributed by atoms with Crippen molar-refractivity contribution in [2.75, 3.05) is 13.7 Å². The van der Waals surface area contributed by atoms with E-state index in [4.69, 9.17) is 10.5 Å². The largest absolute Gasteiger partial charge is 0.495 e. The Hall–Kier alpha value is -0.540. The summed E-state index contributed by atoms with van der Waals surface area (Å²) >= 11 is 3.50. The van der Waals surface area contributed by atoms with E-state index in [1.165, 1.54) is 16.7 Å². The van der Waals surface area contributed by atoms with Crippen LogP contribution in [0.15, 0.2) is 10.5 Å². The molecular formula is C11H16BrNO. The third-order valence-corrected chi connectivity index (χ3v) is 3.07. The zero-order valence-corrected chi connectivity index (χ0v) is 10.4. The van der Waals surface area contributed by atoms with Crippen LogP contribution in [0.3, 0.4) is 0 Å². The number of benzene rings is 1. The van der Waals surface area contributed by atoms with E-state index >= 15 is 0 Å². The summed E-state index contributed by atoms with van der Waals surface area (Å²) in [5.41, 5.74) is 9.33. The Morgan fingerprint density at radius 2 is 2.07 bits per heavy atom. The monoisotopic (exact) mass is 257 g/mol. The maximum Gasteiger partial charge on any atom is 0.136 e. The van der Waals surface area contributed by atoms with Crippen molar-refractivity contribution in [3.8, 4) is 5.75 Å². The fourth-order valence-corrected chi connectivity index (χ4v) is 2.33. The first-order valence-corrected chi connectivity index (χ1v) is 5.43. The van der Waals surface area contributed by atoms with Gasteiger partial charge < -0.3 is 10.5 Å². The summed E-state index contributed by atoms with van der Waals surface area (Å²) in [4.78, 5) is 0. The zero-order valence-electron chi connectivity index (χ0n) is 8.86. The Labute approximate surface area is 93.6 Å². The average molecular weight is 258 g/mol. The number of ether oxygens (including phenoxy) is 1. The Balaban J connectivity index is 3.32. The summed E-state index contributed by atoms with van der Waals surface area (Å²) in [5, 5.41) is 0. The lowest BCUT2D eigenvalue weighted by Gasteiger charge is -2.15. The van der Waals surface area contributed by atoms with Gasteiger partial charge in [-0.15, -0.1) is 0 Å². The molecule has 0 heterocycles. The van der Waals surface area contributed by atoms with Crippen LogP contribution < -0.4 is 10.5 Å². The van der Waals surface area contributed by atoms with Gasteiger partial charge in [0.05, 0.1) is 11.6 Å². The topological polar surface area (TPSA) is 35.2 Å². The summed E-state index contributed by atoms with van der Waals surface area (Å²) in [7, 11) is 1.69. The zero-order chi connectivity index (χ0) is 10.7. The fraction of sp³-hybridized carbons (Fsp3) is 0.455. The normalized spacial score (nSPS) is 10.4. The summed E-state index contributed by atoms with van der Waals surface area (Å²) in [6.07, 6.45) is 0.856. The molecule has 0 spiro atoms. The van der Waals surface area contributed by atoms with E-state index in [1.54, 1.807) is 7.11 Å². The van der Waals surface area contributed by atoms with E-state index in [0.29, 0.717) is 6.54 Å². The minimum absolute atomic E-state index is 0.646. The average Bonchev–Trinajstić information content (AvgIpc) is 2.14. The molecule has 0 radical (unpaired) electrons. The van der Waals surface area contributed by atoms with E-state index in [-0.39, 0.29) is 0 Å². The van der Waals surface area contributed by atoms with Crippen LogP contribution in [0.2, 0.25) is 0 Å². The third-order valence-electron chi connectivity index (χ3n) is 2.48. The second-order valence-corrected chi connectivity index (χ2v) is 4.21. The van der Waals surface area contributed by atoms with E-state index in [0.717, 1.165) is 16.6 Å². The van der Waals surface area contributed by atoms with Gasteiger partial charge in [0.1, 0.15) is 5.75 Å². The van der Waals surface area contributed by atoms with Crippen LogP contribution in [0.1, 0.15) is 16.7 Å². The standard InChI is InChI=1S/C11H16BrNO/c1-7-6-10(12)11(14-3)9(4-5-13)8(7)2/h6H,4-5,13H2,1-3H3. The highest BCUT2D eigenvalue weighted by molar-refractivity contribution is 9.10. The number of nitrogens with two attached hydrogens (primary N) is 1. The molecule has 0 atom stereocenters. The van der Waals surface area contributed by atoms with Crippen LogP contribution in [0.25, 0.3) is 0 Å². The van der Waals surface area contributed by atoms with Crippen molar-refractivity contribution in [2.45, 2.75) is 20.3 Å². The molecule has 0 aliphatic carbocycles. The molecule has 0 unspecified atom stereocenters. The molecule has 0 bridgehead atoms. The lowest BCUT2D eigenvalue weighted by molar-refractivity contribution is 0.406. The van der Waals surface area contributed by atoms with Crippen molar-refractivity contribution in [3.05, 3.63) is 27.2 Å². The van der Waals surface area contributed by atoms with Gasteiger partial charge >= 0.3 is 0 Å². The molecule has 3 heteroatoms. The second-order valence-electron chi connectivity index (χ2n) is 3.35. The van der Waals surface area contributed by atoms with E-state index in [9.17, 15) is 0 Å². The van der Waals surface area contributed by atoms with Crippen molar-refractivity contribution in [1.82, 2.24) is 0 Å². The van der Waals surface area contributed by atoms with Crippen LogP contribution in [-0.2, 0) is 6.42 Å². The lowest BCUT2D eigenvalue weighted by Crippen LogP contribution is -2.07. The highest BCUT2D eigenvalue weighted by Gasteiger charge is 2.11. The Morgan fingerprint density at radius 3 is 2.57 bits per heavy atom. The third kappa shape index (κ3) is 2.10. The van der Waals surface area contributed by atoms with Gasteiger partial charge in [-0.3, -0.25) is 0 Å². The van der Waals surface area contributed by atoms with E-state index < -0.39 is 0 Å². The first-order chi connectivity index (χ1) is 6.61. The summed E-state index contributed by atoms with van der Waals surface area (Å²) in [6, 6.07) is 2.08. The van der Waals surface area contributed by atoms with E-state index in [1.807, 2.05) is 0 Å². The molecule has 0 saturated carbocycles. The van der Waals surface area contributed by atoms with Gasteiger partial charge in [-0.1, -0.05) is 0 Å². The summed E-state index contributed by atoms with van der Waals surface area (Å²) in [6.45, 7) is 4.85. The van der Waals surface area contributed by atoms with Gasteiger partial charge in [0.15, 0.2) is 0 Å². The number of halogens is 1. The van der Waals surface area contributed by atoms with Gasteiger partial charge in [0.2, 0.25) is 0 Å². The minimum Gasteiger partial charge on any atom is -0.495 e. The SMILES string of the molecule is COc1c(Br)cc(C)c(C)c1CCN. The maximum absolute atomic E-state index is 5.58. The molecule has 0 amide bonds. The van der Waals surface area contributed by atoms with Crippen LogP contribution in [0.4, 0.5) is 0 Å². The predicted octanol–water partition coefficient (Wildman–Crippen LogP) is 2.58. The van der Waals surface area contributed by atoms with Gasteiger partial charge in [0, 0.05) is 0 Å². The van der Waals surface area contributed by atoms with Gasteiger partial charge in [-0.25, -0.2) is 0 Å². The summed E-state index contributed by atoms with van der Waals surface area (Å²) in [5.74, 6) is 0.915. The molecule has 2 N–H and O–H groups in total. The number of hydrogen-bond donors (Lipinski definition) is 1. The van der Waals surface area contributed by atoms with E-state index in [2.05, 4.69) is 35.8 Å². The first-order valence-electron chi connectivity index (χ1n) is 4.64. The van der Waals surface area contributed by atoms with Crippen LogP contribution in [0.5, 0.6) is 5.75 Å². The van der Waals surface area contributed by atoms with Crippen molar-refractivity contribution >= 4 is 15.9 Å². The van der Waals surface area contributed by atoms with Crippen molar-refractivity contribution in [2.24, 2.45) is 5.73 Å². The minimum atomic E-state index is 0.646. The number of methoxy groups -OCH3 is 1. The molecule has 0 aliphatic rings. The Bertz CT molecular complexity index is 337. The maximum atomic E-state index is 5.58. The van der Waals surface area contributed by atoms with Gasteiger partial charge in [0.25, 0.3) is 0 Å². The fourth-order valence-electron chi connectivity index (χ4n) is 1.58. The molecule has 0 fully saturated rings. The van der Waals surface area contributed by atoms with Crippen LogP contribution in [-0.4, -0.2) is 13.7 Å². The Morgan fingerprint density at radius 1 is 1.43 bits per heavy atom. The molecule has 2 nitrogen and oxygen atoms in total. The second kappa shape index (κ2) is 4.80. The molecule has 1 aromatic carbocycles. The quantitative estimate of drug-likeness (QED) is 0.904. The molecule has 0 aromatic heterocycles. The lowest BCUT2D eigenvalue weighted by atomic mass is 10.00. The van der Waals surface area contributed by atoms with Crippen molar-refractivity contribution in [1.29, 1.82) is 0 Å². The molecule has 0 aliphatic heterocycles. The number of aryl methyl sites for hydroxylation is 1. The summed E-state index contributed by atoms with van der Waals surface area (Å²) < 4.78 is 6.37. The molecule has 14 heavy (non-hydrogen) atoms. The van der Waals surface area contributed by atoms with Crippen molar-refractivity contribution < 1.29 is 4.74 Å². The first kappa shape index (κ1) is 11.5. The smallest absolute Gasteiger partial charge is 0.136 e. The number of hydrogen-bond acceptors (Lipinski definition) is 2. The van der Waals surface area contributed by atoms with Gasteiger partial charge in [-0.2, -0.15) is 0 Å². The molecule has 1 aromatic rings. The highest BCUT2D eigenvalue weighted by atomic mass is 79.9. The molecular weight excluding hydrogens is 242 g/mol. The van der Waals surface area contributed by atoms with Crippen molar-refractivity contribution in [3.63, 3.8) is 0 Å². The van der Waals surface area contributed by atoms with Crippen LogP contribution in [0, 0.1) is 13.8 Å². The van der Waals surface area contributed by atoms with Gasteiger partial charge in [-0.05, 0) is 65.5 Å².